The van der Waals surface area contributed by atoms with E-state index in [4.69, 9.17) is 9.26 Å². The van der Waals surface area contributed by atoms with Crippen molar-refractivity contribution in [3.8, 4) is 0 Å². The van der Waals surface area contributed by atoms with Crippen LogP contribution in [-0.4, -0.2) is 39.0 Å². The Balaban J connectivity index is 1.50. The standard InChI is InChI=1S/C16H23N5O3/c1-3-8-21-11(2)12(10-18-21)15(22)17-7-6-14-19-16(24-20-14)13-5-4-9-23-13/h10,13H,3-9H2,1-2H3,(H,17,22). The summed E-state index contributed by atoms with van der Waals surface area (Å²) in [5.74, 6) is 0.988. The molecule has 1 fully saturated rings. The quantitative estimate of drug-likeness (QED) is 0.830. The zero-order chi connectivity index (χ0) is 16.9. The number of aromatic nitrogens is 4. The molecular weight excluding hydrogens is 310 g/mol. The second-order valence-electron chi connectivity index (χ2n) is 5.92. The lowest BCUT2D eigenvalue weighted by Gasteiger charge is -2.04. The highest BCUT2D eigenvalue weighted by Crippen LogP contribution is 2.26. The molecule has 24 heavy (non-hydrogen) atoms. The Morgan fingerprint density at radius 1 is 1.50 bits per heavy atom. The predicted octanol–water partition coefficient (Wildman–Crippen LogP) is 1.81. The van der Waals surface area contributed by atoms with Crippen LogP contribution in [0.1, 0.15) is 60.1 Å². The van der Waals surface area contributed by atoms with Gasteiger partial charge in [0.1, 0.15) is 6.10 Å². The van der Waals surface area contributed by atoms with Gasteiger partial charge in [-0.05, 0) is 26.2 Å². The summed E-state index contributed by atoms with van der Waals surface area (Å²) < 4.78 is 12.6. The monoisotopic (exact) mass is 333 g/mol. The molecule has 0 aromatic carbocycles. The Hall–Kier alpha value is -2.22. The van der Waals surface area contributed by atoms with Crippen molar-refractivity contribution in [1.82, 2.24) is 25.2 Å². The third-order valence-corrected chi connectivity index (χ3v) is 4.11. The number of nitrogens with zero attached hydrogens (tertiary/aromatic N) is 4. The maximum absolute atomic E-state index is 12.2. The number of hydrogen-bond donors (Lipinski definition) is 1. The summed E-state index contributed by atoms with van der Waals surface area (Å²) in [5.41, 5.74) is 1.49. The van der Waals surface area contributed by atoms with Crippen molar-refractivity contribution >= 4 is 5.91 Å². The van der Waals surface area contributed by atoms with Crippen LogP contribution >= 0.6 is 0 Å². The number of ether oxygens (including phenoxy) is 1. The maximum atomic E-state index is 12.2. The highest BCUT2D eigenvalue weighted by molar-refractivity contribution is 5.95. The van der Waals surface area contributed by atoms with Crippen LogP contribution in [0.2, 0.25) is 0 Å². The molecule has 2 aromatic rings. The van der Waals surface area contributed by atoms with Gasteiger partial charge in [0.2, 0.25) is 0 Å². The lowest BCUT2D eigenvalue weighted by molar-refractivity contribution is 0.0835. The number of nitrogens with one attached hydrogen (secondary N) is 1. The van der Waals surface area contributed by atoms with Gasteiger partial charge in [-0.15, -0.1) is 0 Å². The van der Waals surface area contributed by atoms with Gasteiger partial charge in [0, 0.05) is 31.8 Å². The fraction of sp³-hybridized carbons (Fsp3) is 0.625. The van der Waals surface area contributed by atoms with E-state index in [1.807, 2.05) is 11.6 Å². The summed E-state index contributed by atoms with van der Waals surface area (Å²) in [6.45, 7) is 5.99. The van der Waals surface area contributed by atoms with Gasteiger partial charge >= 0.3 is 0 Å². The van der Waals surface area contributed by atoms with Crippen molar-refractivity contribution in [2.75, 3.05) is 13.2 Å². The molecule has 1 aliphatic rings. The van der Waals surface area contributed by atoms with Crippen molar-refractivity contribution in [3.63, 3.8) is 0 Å². The first kappa shape index (κ1) is 16.6. The molecule has 2 aromatic heterocycles. The number of aryl methyl sites for hydroxylation is 1. The molecule has 8 heteroatoms. The molecule has 0 saturated carbocycles. The van der Waals surface area contributed by atoms with Crippen LogP contribution < -0.4 is 5.32 Å². The maximum Gasteiger partial charge on any atom is 0.255 e. The number of rotatable bonds is 7. The molecule has 1 aliphatic heterocycles. The normalized spacial score (nSPS) is 17.3. The minimum atomic E-state index is -0.127. The number of carbonyl (C=O) groups excluding carboxylic acids is 1. The van der Waals surface area contributed by atoms with Gasteiger partial charge in [0.05, 0.1) is 11.8 Å². The van der Waals surface area contributed by atoms with E-state index in [1.54, 1.807) is 6.20 Å². The van der Waals surface area contributed by atoms with Crippen LogP contribution in [0.4, 0.5) is 0 Å². The predicted molar refractivity (Wildman–Crippen MR) is 85.5 cm³/mol. The van der Waals surface area contributed by atoms with Gasteiger partial charge in [-0.3, -0.25) is 9.48 Å². The van der Waals surface area contributed by atoms with Gasteiger partial charge in [0.15, 0.2) is 5.82 Å². The molecule has 1 unspecified atom stereocenters. The smallest absolute Gasteiger partial charge is 0.255 e. The summed E-state index contributed by atoms with van der Waals surface area (Å²) in [6, 6.07) is 0. The number of amides is 1. The molecule has 130 valence electrons. The molecule has 0 spiro atoms. The lowest BCUT2D eigenvalue weighted by Crippen LogP contribution is -2.26. The molecule has 3 rings (SSSR count). The minimum absolute atomic E-state index is 0.0760. The molecule has 0 aliphatic carbocycles. The third-order valence-electron chi connectivity index (χ3n) is 4.11. The Morgan fingerprint density at radius 2 is 2.38 bits per heavy atom. The fourth-order valence-corrected chi connectivity index (χ4v) is 2.76. The summed E-state index contributed by atoms with van der Waals surface area (Å²) in [7, 11) is 0. The van der Waals surface area contributed by atoms with E-state index in [2.05, 4.69) is 27.5 Å². The van der Waals surface area contributed by atoms with E-state index in [9.17, 15) is 4.79 Å². The van der Waals surface area contributed by atoms with Gasteiger partial charge in [-0.25, -0.2) is 0 Å². The molecule has 3 heterocycles. The largest absolute Gasteiger partial charge is 0.368 e. The first-order valence-electron chi connectivity index (χ1n) is 8.43. The molecule has 0 radical (unpaired) electrons. The van der Waals surface area contributed by atoms with E-state index < -0.39 is 0 Å². The first-order chi connectivity index (χ1) is 11.7. The van der Waals surface area contributed by atoms with Crippen LogP contribution in [-0.2, 0) is 17.7 Å². The molecule has 1 N–H and O–H groups in total. The van der Waals surface area contributed by atoms with E-state index in [0.29, 0.717) is 30.2 Å². The number of hydrogen-bond acceptors (Lipinski definition) is 6. The second kappa shape index (κ2) is 7.57. The zero-order valence-electron chi connectivity index (χ0n) is 14.1. The van der Waals surface area contributed by atoms with Crippen molar-refractivity contribution in [2.24, 2.45) is 0 Å². The summed E-state index contributed by atoms with van der Waals surface area (Å²) in [5, 5.41) is 11.1. The van der Waals surface area contributed by atoms with Crippen LogP contribution in [0, 0.1) is 6.92 Å². The number of carbonyl (C=O) groups is 1. The average molecular weight is 333 g/mol. The van der Waals surface area contributed by atoms with Gasteiger partial charge in [-0.2, -0.15) is 10.1 Å². The topological polar surface area (TPSA) is 95.1 Å². The van der Waals surface area contributed by atoms with Gasteiger partial charge in [-0.1, -0.05) is 12.1 Å². The molecule has 8 nitrogen and oxygen atoms in total. The van der Waals surface area contributed by atoms with E-state index >= 15 is 0 Å². The average Bonchev–Trinajstić information content (AvgIpc) is 3.29. The Labute approximate surface area is 140 Å². The fourth-order valence-electron chi connectivity index (χ4n) is 2.76. The SMILES string of the molecule is CCCn1ncc(C(=O)NCCc2noc(C3CCCO3)n2)c1C. The summed E-state index contributed by atoms with van der Waals surface area (Å²) >= 11 is 0. The van der Waals surface area contributed by atoms with Crippen LogP contribution in [0.3, 0.4) is 0 Å². The lowest BCUT2D eigenvalue weighted by atomic mass is 10.2. The summed E-state index contributed by atoms with van der Waals surface area (Å²) in [6.07, 6.45) is 4.97. The van der Waals surface area contributed by atoms with Crippen LogP contribution in [0.5, 0.6) is 0 Å². The highest BCUT2D eigenvalue weighted by atomic mass is 16.5. The van der Waals surface area contributed by atoms with Crippen molar-refractivity contribution in [3.05, 3.63) is 29.2 Å². The third kappa shape index (κ3) is 3.64. The second-order valence-corrected chi connectivity index (χ2v) is 5.92. The van der Waals surface area contributed by atoms with Crippen molar-refractivity contribution in [1.29, 1.82) is 0 Å². The Kier molecular flexibility index (Phi) is 5.24. The molecule has 1 atom stereocenters. The summed E-state index contributed by atoms with van der Waals surface area (Å²) in [4.78, 5) is 16.6. The van der Waals surface area contributed by atoms with Gasteiger partial charge in [0.25, 0.3) is 11.8 Å². The Bertz CT molecular complexity index is 688. The van der Waals surface area contributed by atoms with Crippen molar-refractivity contribution < 1.29 is 14.1 Å². The zero-order valence-corrected chi connectivity index (χ0v) is 14.1. The van der Waals surface area contributed by atoms with Crippen LogP contribution in [0.15, 0.2) is 10.7 Å². The minimum Gasteiger partial charge on any atom is -0.368 e. The van der Waals surface area contributed by atoms with Crippen molar-refractivity contribution in [2.45, 2.75) is 52.2 Å². The highest BCUT2D eigenvalue weighted by Gasteiger charge is 2.23. The molecule has 1 amide bonds. The molecule has 1 saturated heterocycles. The van der Waals surface area contributed by atoms with Gasteiger partial charge < -0.3 is 14.6 Å². The van der Waals surface area contributed by atoms with E-state index in [-0.39, 0.29) is 12.0 Å². The van der Waals surface area contributed by atoms with E-state index in [0.717, 1.165) is 38.1 Å². The van der Waals surface area contributed by atoms with Crippen LogP contribution in [0.25, 0.3) is 0 Å². The first-order valence-corrected chi connectivity index (χ1v) is 8.43. The molecular formula is C16H23N5O3. The molecule has 0 bridgehead atoms. The van der Waals surface area contributed by atoms with E-state index in [1.165, 1.54) is 0 Å². The Morgan fingerprint density at radius 3 is 3.12 bits per heavy atom.